The van der Waals surface area contributed by atoms with Crippen LogP contribution >= 0.6 is 0 Å². The molecule has 0 aromatic carbocycles. The lowest BCUT2D eigenvalue weighted by Gasteiger charge is -2.47. The highest BCUT2D eigenvalue weighted by atomic mass is 29.3. The lowest BCUT2D eigenvalue weighted by Crippen LogP contribution is -2.65. The number of hydrogen-bond donors (Lipinski definition) is 1. The van der Waals surface area contributed by atoms with E-state index in [1.54, 1.807) is 0 Å². The van der Waals surface area contributed by atoms with Crippen molar-refractivity contribution in [3.05, 3.63) is 0 Å². The van der Waals surface area contributed by atoms with E-state index in [9.17, 15) is 4.80 Å². The van der Waals surface area contributed by atoms with Gasteiger partial charge in [-0.05, 0) is 46.0 Å². The van der Waals surface area contributed by atoms with Gasteiger partial charge in [0.15, 0.2) is 0 Å². The van der Waals surface area contributed by atoms with E-state index in [-0.39, 0.29) is 5.60 Å². The van der Waals surface area contributed by atoms with Crippen LogP contribution in [0.3, 0.4) is 0 Å². The molecule has 1 saturated heterocycles. The molecule has 72 valence electrons. The Morgan fingerprint density at radius 3 is 2.08 bits per heavy atom. The molecule has 2 nitrogen and oxygen atoms in total. The van der Waals surface area contributed by atoms with E-state index in [4.69, 9.17) is 4.43 Å². The smallest absolute Gasteiger partial charge is 0.205 e. The van der Waals surface area contributed by atoms with Gasteiger partial charge in [-0.1, -0.05) is 0 Å². The molecule has 0 bridgehead atoms. The maximum atomic E-state index is 10.2. The molecule has 1 N–H and O–H groups in total. The van der Waals surface area contributed by atoms with Crippen LogP contribution in [-0.2, 0) is 4.43 Å². The van der Waals surface area contributed by atoms with Gasteiger partial charge >= 0.3 is 0 Å². The summed E-state index contributed by atoms with van der Waals surface area (Å²) in [7, 11) is -3.75. The molecule has 1 atom stereocenters. The molecule has 12 heavy (non-hydrogen) atoms. The second kappa shape index (κ2) is 2.67. The lowest BCUT2D eigenvalue weighted by atomic mass is 10.1. The topological polar surface area (TPSA) is 29.5 Å². The van der Waals surface area contributed by atoms with Crippen molar-refractivity contribution in [2.24, 2.45) is 0 Å². The highest BCUT2D eigenvalue weighted by molar-refractivity contribution is 7.35. The van der Waals surface area contributed by atoms with Crippen LogP contribution in [0, 0.1) is 0 Å². The predicted octanol–water partition coefficient (Wildman–Crippen LogP) is 2.04. The minimum atomic E-state index is -1.99. The van der Waals surface area contributed by atoms with Crippen molar-refractivity contribution >= 4 is 15.7 Å². The summed E-state index contributed by atoms with van der Waals surface area (Å²) < 4.78 is 6.03. The third kappa shape index (κ3) is 1.81. The van der Waals surface area contributed by atoms with E-state index in [0.29, 0.717) is 0 Å². The molecule has 0 radical (unpaired) electrons. The van der Waals surface area contributed by atoms with Crippen molar-refractivity contribution in [1.29, 1.82) is 0 Å². The second-order valence-corrected chi connectivity index (χ2v) is 18.3. The van der Waals surface area contributed by atoms with Crippen LogP contribution in [0.4, 0.5) is 0 Å². The molecule has 0 spiro atoms. The molecule has 4 heteroatoms. The molecule has 1 unspecified atom stereocenters. The Kier molecular flexibility index (Phi) is 2.32. The van der Waals surface area contributed by atoms with Gasteiger partial charge in [-0.25, -0.2) is 0 Å². The first-order valence-corrected chi connectivity index (χ1v) is 11.2. The second-order valence-electron chi connectivity index (χ2n) is 5.15. The SMILES string of the molecule is CC1(C)CC[Si](C)(O)[Si](C)(C)O1. The molecular formula is C8H20O2Si2. The minimum absolute atomic E-state index is 0.00492. The fourth-order valence-corrected chi connectivity index (χ4v) is 8.76. The Bertz CT molecular complexity index is 187. The van der Waals surface area contributed by atoms with Gasteiger partial charge in [0.2, 0.25) is 15.7 Å². The summed E-state index contributed by atoms with van der Waals surface area (Å²) in [4.78, 5) is 10.2. The quantitative estimate of drug-likeness (QED) is 0.612. The van der Waals surface area contributed by atoms with Crippen LogP contribution in [-0.4, -0.2) is 26.1 Å². The van der Waals surface area contributed by atoms with Gasteiger partial charge in [0.25, 0.3) is 0 Å². The summed E-state index contributed by atoms with van der Waals surface area (Å²) in [5, 5.41) is 0. The van der Waals surface area contributed by atoms with E-state index >= 15 is 0 Å². The van der Waals surface area contributed by atoms with Gasteiger partial charge in [0.1, 0.15) is 0 Å². The van der Waals surface area contributed by atoms with Crippen molar-refractivity contribution < 1.29 is 9.22 Å². The normalized spacial score (nSPS) is 39.5. The van der Waals surface area contributed by atoms with Crippen LogP contribution < -0.4 is 0 Å². The Morgan fingerprint density at radius 2 is 1.75 bits per heavy atom. The van der Waals surface area contributed by atoms with E-state index in [2.05, 4.69) is 33.5 Å². The fourth-order valence-electron chi connectivity index (χ4n) is 1.70. The highest BCUT2D eigenvalue weighted by Gasteiger charge is 2.52. The monoisotopic (exact) mass is 204 g/mol. The summed E-state index contributed by atoms with van der Waals surface area (Å²) >= 11 is 0. The molecule has 0 saturated carbocycles. The predicted molar refractivity (Wildman–Crippen MR) is 55.9 cm³/mol. The Labute approximate surface area is 77.0 Å². The fraction of sp³-hybridized carbons (Fsp3) is 1.00. The lowest BCUT2D eigenvalue weighted by molar-refractivity contribution is 0.0891. The average molecular weight is 204 g/mol. The van der Waals surface area contributed by atoms with Gasteiger partial charge in [-0.2, -0.15) is 0 Å². The third-order valence-electron chi connectivity index (χ3n) is 3.04. The van der Waals surface area contributed by atoms with E-state index < -0.39 is 15.7 Å². The highest BCUT2D eigenvalue weighted by Crippen LogP contribution is 2.36. The van der Waals surface area contributed by atoms with Gasteiger partial charge in [0.05, 0.1) is 5.60 Å². The average Bonchev–Trinajstić information content (AvgIpc) is 1.79. The summed E-state index contributed by atoms with van der Waals surface area (Å²) in [6.45, 7) is 10.6. The summed E-state index contributed by atoms with van der Waals surface area (Å²) in [6, 6.07) is 1.01. The van der Waals surface area contributed by atoms with Crippen LogP contribution in [0.2, 0.25) is 25.7 Å². The molecule has 0 aliphatic carbocycles. The molecule has 0 aromatic heterocycles. The summed E-state index contributed by atoms with van der Waals surface area (Å²) in [6.07, 6.45) is 1.02. The Morgan fingerprint density at radius 1 is 1.25 bits per heavy atom. The first-order valence-electron chi connectivity index (χ1n) is 4.59. The molecule has 1 aliphatic heterocycles. The maximum absolute atomic E-state index is 10.2. The van der Waals surface area contributed by atoms with Crippen molar-refractivity contribution in [2.75, 3.05) is 0 Å². The Balaban J connectivity index is 2.82. The number of hydrogen-bond acceptors (Lipinski definition) is 2. The van der Waals surface area contributed by atoms with Crippen molar-refractivity contribution in [2.45, 2.75) is 51.6 Å². The maximum Gasteiger partial charge on any atom is 0.205 e. The van der Waals surface area contributed by atoms with Crippen LogP contribution in [0.25, 0.3) is 0 Å². The number of rotatable bonds is 0. The standard InChI is InChI=1S/C8H20O2Si2/c1-8(2)6-7-12(5,9)11(3,4)10-8/h9H,6-7H2,1-5H3. The van der Waals surface area contributed by atoms with Gasteiger partial charge in [0, 0.05) is 0 Å². The van der Waals surface area contributed by atoms with Crippen LogP contribution in [0.5, 0.6) is 0 Å². The van der Waals surface area contributed by atoms with E-state index in [1.807, 2.05) is 0 Å². The zero-order valence-electron chi connectivity index (χ0n) is 8.77. The Hall–Kier alpha value is 0.354. The van der Waals surface area contributed by atoms with Crippen molar-refractivity contribution in [3.8, 4) is 0 Å². The molecule has 1 fully saturated rings. The zero-order valence-corrected chi connectivity index (χ0v) is 10.8. The summed E-state index contributed by atoms with van der Waals surface area (Å²) in [5.41, 5.74) is 0.00492. The molecular weight excluding hydrogens is 184 g/mol. The first-order chi connectivity index (χ1) is 5.16. The molecule has 1 rings (SSSR count). The molecule has 0 amide bonds. The van der Waals surface area contributed by atoms with Crippen LogP contribution in [0.1, 0.15) is 20.3 Å². The molecule has 1 aliphatic rings. The third-order valence-corrected chi connectivity index (χ3v) is 16.8. The van der Waals surface area contributed by atoms with Crippen molar-refractivity contribution in [3.63, 3.8) is 0 Å². The molecule has 0 aromatic rings. The van der Waals surface area contributed by atoms with E-state index in [0.717, 1.165) is 12.5 Å². The largest absolute Gasteiger partial charge is 0.432 e. The van der Waals surface area contributed by atoms with Gasteiger partial charge < -0.3 is 9.22 Å². The minimum Gasteiger partial charge on any atom is -0.432 e. The van der Waals surface area contributed by atoms with Crippen LogP contribution in [0.15, 0.2) is 0 Å². The zero-order chi connectivity index (χ0) is 9.62. The van der Waals surface area contributed by atoms with Gasteiger partial charge in [-0.15, -0.1) is 0 Å². The first kappa shape index (κ1) is 10.4. The summed E-state index contributed by atoms with van der Waals surface area (Å²) in [5.74, 6) is 0. The van der Waals surface area contributed by atoms with Crippen molar-refractivity contribution in [1.82, 2.24) is 0 Å². The molecule has 1 heterocycles. The van der Waals surface area contributed by atoms with E-state index in [1.165, 1.54) is 0 Å². The van der Waals surface area contributed by atoms with Gasteiger partial charge in [-0.3, -0.25) is 0 Å².